The van der Waals surface area contributed by atoms with Crippen molar-refractivity contribution in [2.24, 2.45) is 7.05 Å². The first-order valence-corrected chi connectivity index (χ1v) is 9.34. The van der Waals surface area contributed by atoms with Gasteiger partial charge in [-0.1, -0.05) is 30.0 Å². The van der Waals surface area contributed by atoms with Crippen LogP contribution in [0.15, 0.2) is 40.9 Å². The quantitative estimate of drug-likeness (QED) is 0.703. The molecule has 0 aliphatic carbocycles. The highest BCUT2D eigenvalue weighted by Crippen LogP contribution is 2.26. The van der Waals surface area contributed by atoms with E-state index in [1.54, 1.807) is 11.3 Å². The van der Waals surface area contributed by atoms with E-state index < -0.39 is 0 Å². The molecule has 2 heterocycles. The molecule has 0 unspecified atom stereocenters. The van der Waals surface area contributed by atoms with Crippen molar-refractivity contribution >= 4 is 34.7 Å². The highest BCUT2D eigenvalue weighted by Gasteiger charge is 2.14. The second kappa shape index (κ2) is 7.19. The van der Waals surface area contributed by atoms with Gasteiger partial charge in [0.2, 0.25) is 5.91 Å². The lowest BCUT2D eigenvalue weighted by Gasteiger charge is -2.09. The van der Waals surface area contributed by atoms with Crippen LogP contribution in [0.3, 0.4) is 0 Å². The van der Waals surface area contributed by atoms with Crippen molar-refractivity contribution in [3.63, 3.8) is 0 Å². The fraction of sp³-hybridized carbons (Fsp3) is 0.235. The molecule has 0 atom stereocenters. The Balaban J connectivity index is 1.64. The Hall–Kier alpha value is -2.12. The number of hydrogen-bond donors (Lipinski definition) is 1. The first-order chi connectivity index (χ1) is 11.5. The minimum Gasteiger partial charge on any atom is -0.325 e. The average Bonchev–Trinajstić information content (AvgIpc) is 3.18. The average molecular weight is 358 g/mol. The molecule has 0 saturated heterocycles. The van der Waals surface area contributed by atoms with E-state index >= 15 is 0 Å². The number of carbonyl (C=O) groups is 1. The molecule has 0 saturated carbocycles. The van der Waals surface area contributed by atoms with Gasteiger partial charge in [-0.15, -0.1) is 21.5 Å². The van der Waals surface area contributed by atoms with E-state index in [2.05, 4.69) is 15.5 Å². The summed E-state index contributed by atoms with van der Waals surface area (Å²) in [5, 5.41) is 14.1. The van der Waals surface area contributed by atoms with E-state index in [0.29, 0.717) is 5.75 Å². The molecule has 0 bridgehead atoms. The molecular weight excluding hydrogens is 340 g/mol. The Morgan fingerprint density at radius 1 is 1.29 bits per heavy atom. The molecule has 1 N–H and O–H groups in total. The number of nitrogens with one attached hydrogen (secondary N) is 1. The molecule has 1 aromatic carbocycles. The molecule has 0 aliphatic rings. The second-order valence-corrected chi connectivity index (χ2v) is 7.39. The maximum absolute atomic E-state index is 12.2. The summed E-state index contributed by atoms with van der Waals surface area (Å²) in [5.41, 5.74) is 3.04. The van der Waals surface area contributed by atoms with Gasteiger partial charge in [0.15, 0.2) is 11.0 Å². The number of benzene rings is 1. The lowest BCUT2D eigenvalue weighted by molar-refractivity contribution is -0.113. The van der Waals surface area contributed by atoms with E-state index in [1.807, 2.05) is 61.2 Å². The highest BCUT2D eigenvalue weighted by molar-refractivity contribution is 7.99. The van der Waals surface area contributed by atoms with Crippen LogP contribution in [-0.4, -0.2) is 26.4 Å². The summed E-state index contributed by atoms with van der Waals surface area (Å²) in [6, 6.07) is 10.0. The molecule has 2 aromatic heterocycles. The fourth-order valence-corrected chi connectivity index (χ4v) is 3.70. The zero-order valence-corrected chi connectivity index (χ0v) is 15.4. The van der Waals surface area contributed by atoms with E-state index in [1.165, 1.54) is 11.8 Å². The predicted octanol–water partition coefficient (Wildman–Crippen LogP) is 3.89. The molecule has 124 valence electrons. The molecule has 3 aromatic rings. The second-order valence-electron chi connectivity index (χ2n) is 5.50. The van der Waals surface area contributed by atoms with E-state index in [9.17, 15) is 4.79 Å². The van der Waals surface area contributed by atoms with Gasteiger partial charge < -0.3 is 9.88 Å². The van der Waals surface area contributed by atoms with Gasteiger partial charge in [0.25, 0.3) is 0 Å². The van der Waals surface area contributed by atoms with Crippen LogP contribution in [-0.2, 0) is 11.8 Å². The van der Waals surface area contributed by atoms with Gasteiger partial charge in [0.1, 0.15) is 0 Å². The molecule has 0 radical (unpaired) electrons. The van der Waals surface area contributed by atoms with Gasteiger partial charge in [-0.3, -0.25) is 4.79 Å². The SMILES string of the molecule is Cc1ccc(C)c(NC(=O)CSc2nnc(-c3cccs3)n2C)c1. The maximum atomic E-state index is 12.2. The third-order valence-corrected chi connectivity index (χ3v) is 5.46. The number of aromatic nitrogens is 3. The number of carbonyl (C=O) groups excluding carboxylic acids is 1. The van der Waals surface area contributed by atoms with Crippen LogP contribution in [0.5, 0.6) is 0 Å². The fourth-order valence-electron chi connectivity index (χ4n) is 2.25. The smallest absolute Gasteiger partial charge is 0.234 e. The molecular formula is C17H18N4OS2. The lowest BCUT2D eigenvalue weighted by atomic mass is 10.1. The number of thioether (sulfide) groups is 1. The largest absolute Gasteiger partial charge is 0.325 e. The van der Waals surface area contributed by atoms with Crippen LogP contribution >= 0.6 is 23.1 Å². The molecule has 0 aliphatic heterocycles. The van der Waals surface area contributed by atoms with E-state index in [0.717, 1.165) is 32.7 Å². The Kier molecular flexibility index (Phi) is 5.01. The third-order valence-electron chi connectivity index (χ3n) is 3.58. The molecule has 0 spiro atoms. The van der Waals surface area contributed by atoms with Gasteiger partial charge in [-0.25, -0.2) is 0 Å². The Morgan fingerprint density at radius 2 is 2.12 bits per heavy atom. The van der Waals surface area contributed by atoms with Gasteiger partial charge in [-0.05, 0) is 42.5 Å². The van der Waals surface area contributed by atoms with Gasteiger partial charge in [0.05, 0.1) is 10.6 Å². The number of anilines is 1. The lowest BCUT2D eigenvalue weighted by Crippen LogP contribution is -2.15. The number of aryl methyl sites for hydroxylation is 2. The summed E-state index contributed by atoms with van der Waals surface area (Å²) in [6.07, 6.45) is 0. The summed E-state index contributed by atoms with van der Waals surface area (Å²) >= 11 is 3.01. The Labute approximate surface area is 149 Å². The van der Waals surface area contributed by atoms with Crippen molar-refractivity contribution in [1.82, 2.24) is 14.8 Å². The summed E-state index contributed by atoms with van der Waals surface area (Å²) in [7, 11) is 1.92. The number of rotatable bonds is 5. The number of thiophene rings is 1. The molecule has 3 rings (SSSR count). The Bertz CT molecular complexity index is 856. The van der Waals surface area contributed by atoms with Gasteiger partial charge in [0, 0.05) is 12.7 Å². The van der Waals surface area contributed by atoms with Crippen molar-refractivity contribution in [2.45, 2.75) is 19.0 Å². The molecule has 1 amide bonds. The van der Waals surface area contributed by atoms with Crippen LogP contribution < -0.4 is 5.32 Å². The summed E-state index contributed by atoms with van der Waals surface area (Å²) in [4.78, 5) is 13.3. The van der Waals surface area contributed by atoms with E-state index in [-0.39, 0.29) is 5.91 Å². The summed E-state index contributed by atoms with van der Waals surface area (Å²) < 4.78 is 1.92. The first-order valence-electron chi connectivity index (χ1n) is 7.48. The number of amides is 1. The van der Waals surface area contributed by atoms with Crippen molar-refractivity contribution in [3.8, 4) is 10.7 Å². The van der Waals surface area contributed by atoms with Gasteiger partial charge >= 0.3 is 0 Å². The molecule has 24 heavy (non-hydrogen) atoms. The minimum atomic E-state index is -0.0469. The van der Waals surface area contributed by atoms with Crippen molar-refractivity contribution in [1.29, 1.82) is 0 Å². The summed E-state index contributed by atoms with van der Waals surface area (Å²) in [6.45, 7) is 3.99. The van der Waals surface area contributed by atoms with Crippen molar-refractivity contribution < 1.29 is 4.79 Å². The number of nitrogens with zero attached hydrogens (tertiary/aromatic N) is 3. The van der Waals surface area contributed by atoms with Crippen LogP contribution in [0.4, 0.5) is 5.69 Å². The predicted molar refractivity (Wildman–Crippen MR) is 99.6 cm³/mol. The standard InChI is InChI=1S/C17H18N4OS2/c1-11-6-7-12(2)13(9-11)18-15(22)10-24-17-20-19-16(21(17)3)14-5-4-8-23-14/h4-9H,10H2,1-3H3,(H,18,22). The maximum Gasteiger partial charge on any atom is 0.234 e. The van der Waals surface area contributed by atoms with Crippen LogP contribution in [0.2, 0.25) is 0 Å². The van der Waals surface area contributed by atoms with Crippen molar-refractivity contribution in [3.05, 3.63) is 46.8 Å². The zero-order chi connectivity index (χ0) is 17.1. The van der Waals surface area contributed by atoms with Crippen LogP contribution in [0.1, 0.15) is 11.1 Å². The van der Waals surface area contributed by atoms with Crippen LogP contribution in [0, 0.1) is 13.8 Å². The first kappa shape index (κ1) is 16.7. The zero-order valence-electron chi connectivity index (χ0n) is 13.7. The van der Waals surface area contributed by atoms with Crippen LogP contribution in [0.25, 0.3) is 10.7 Å². The van der Waals surface area contributed by atoms with E-state index in [4.69, 9.17) is 0 Å². The Morgan fingerprint density at radius 3 is 2.88 bits per heavy atom. The topological polar surface area (TPSA) is 59.8 Å². The third kappa shape index (κ3) is 3.68. The monoisotopic (exact) mass is 358 g/mol. The normalized spacial score (nSPS) is 10.8. The summed E-state index contributed by atoms with van der Waals surface area (Å²) in [5.74, 6) is 1.07. The molecule has 0 fully saturated rings. The van der Waals surface area contributed by atoms with Crippen molar-refractivity contribution in [2.75, 3.05) is 11.1 Å². The number of hydrogen-bond acceptors (Lipinski definition) is 5. The minimum absolute atomic E-state index is 0.0469. The van der Waals surface area contributed by atoms with Gasteiger partial charge in [-0.2, -0.15) is 0 Å². The molecule has 7 heteroatoms. The molecule has 5 nitrogen and oxygen atoms in total. The highest BCUT2D eigenvalue weighted by atomic mass is 32.2.